The van der Waals surface area contributed by atoms with E-state index < -0.39 is 0 Å². The minimum atomic E-state index is -0.206. The predicted molar refractivity (Wildman–Crippen MR) is 39.9 cm³/mol. The van der Waals surface area contributed by atoms with Gasteiger partial charge in [-0.05, 0) is 33.1 Å². The molecule has 0 bridgehead atoms. The average molecular weight is 144 g/mol. The van der Waals surface area contributed by atoms with Crippen LogP contribution >= 0.6 is 0 Å². The average Bonchev–Trinajstić information content (AvgIpc) is 2.15. The van der Waals surface area contributed by atoms with Gasteiger partial charge in [0.15, 0.2) is 0 Å². The summed E-state index contributed by atoms with van der Waals surface area (Å²) in [5, 5.41) is 9.31. The van der Waals surface area contributed by atoms with Crippen LogP contribution in [0.15, 0.2) is 0 Å². The van der Waals surface area contributed by atoms with Crippen LogP contribution in [0.3, 0.4) is 0 Å². The van der Waals surface area contributed by atoms with Gasteiger partial charge in [-0.3, -0.25) is 0 Å². The topological polar surface area (TPSA) is 29.5 Å². The van der Waals surface area contributed by atoms with Gasteiger partial charge in [-0.2, -0.15) is 0 Å². The lowest BCUT2D eigenvalue weighted by Gasteiger charge is -2.17. The number of aliphatic hydroxyl groups is 1. The number of ether oxygens (including phenoxy) is 1. The van der Waals surface area contributed by atoms with Gasteiger partial charge in [0.25, 0.3) is 0 Å². The van der Waals surface area contributed by atoms with Crippen molar-refractivity contribution in [1.82, 2.24) is 0 Å². The van der Waals surface area contributed by atoms with Gasteiger partial charge >= 0.3 is 0 Å². The molecule has 1 N–H and O–H groups in total. The van der Waals surface area contributed by atoms with E-state index in [9.17, 15) is 5.11 Å². The molecule has 1 rings (SSSR count). The van der Waals surface area contributed by atoms with Crippen LogP contribution in [0, 0.1) is 0 Å². The van der Waals surface area contributed by atoms with Crippen LogP contribution in [0.4, 0.5) is 0 Å². The highest BCUT2D eigenvalue weighted by atomic mass is 16.5. The molecule has 1 fully saturated rings. The van der Waals surface area contributed by atoms with Crippen LogP contribution in [0.1, 0.15) is 33.1 Å². The standard InChI is InChI=1S/C8H16O2/c1-6(2)10-8-5-3-4-7(8)9/h6-9H,3-5H2,1-2H3/t7-,8-/m0/s1. The Hall–Kier alpha value is -0.0800. The van der Waals surface area contributed by atoms with Gasteiger partial charge in [0.05, 0.1) is 18.3 Å². The summed E-state index contributed by atoms with van der Waals surface area (Å²) in [7, 11) is 0. The van der Waals surface area contributed by atoms with E-state index in [0.717, 1.165) is 19.3 Å². The van der Waals surface area contributed by atoms with Crippen molar-refractivity contribution >= 4 is 0 Å². The zero-order valence-corrected chi connectivity index (χ0v) is 6.71. The molecule has 2 heteroatoms. The van der Waals surface area contributed by atoms with Crippen molar-refractivity contribution in [2.24, 2.45) is 0 Å². The molecule has 0 radical (unpaired) electrons. The lowest BCUT2D eigenvalue weighted by molar-refractivity contribution is -0.0481. The van der Waals surface area contributed by atoms with E-state index in [1.54, 1.807) is 0 Å². The number of hydrogen-bond donors (Lipinski definition) is 1. The van der Waals surface area contributed by atoms with Crippen molar-refractivity contribution in [3.05, 3.63) is 0 Å². The zero-order valence-electron chi connectivity index (χ0n) is 6.71. The number of rotatable bonds is 2. The van der Waals surface area contributed by atoms with Crippen LogP contribution in [0.5, 0.6) is 0 Å². The largest absolute Gasteiger partial charge is 0.390 e. The fourth-order valence-electron chi connectivity index (χ4n) is 1.41. The molecular formula is C8H16O2. The monoisotopic (exact) mass is 144 g/mol. The number of hydrogen-bond acceptors (Lipinski definition) is 2. The number of aliphatic hydroxyl groups excluding tert-OH is 1. The fourth-order valence-corrected chi connectivity index (χ4v) is 1.41. The Morgan fingerprint density at radius 1 is 1.40 bits per heavy atom. The Labute approximate surface area is 62.2 Å². The van der Waals surface area contributed by atoms with Gasteiger partial charge in [-0.1, -0.05) is 0 Å². The first kappa shape index (κ1) is 8.02. The Balaban J connectivity index is 2.26. The second-order valence-electron chi connectivity index (χ2n) is 3.22. The van der Waals surface area contributed by atoms with Gasteiger partial charge in [-0.15, -0.1) is 0 Å². The highest BCUT2D eigenvalue weighted by Crippen LogP contribution is 2.22. The van der Waals surface area contributed by atoms with Crippen molar-refractivity contribution < 1.29 is 9.84 Å². The summed E-state index contributed by atoms with van der Waals surface area (Å²) in [4.78, 5) is 0. The molecule has 0 unspecified atom stereocenters. The summed E-state index contributed by atoms with van der Waals surface area (Å²) in [5.74, 6) is 0. The van der Waals surface area contributed by atoms with Gasteiger partial charge < -0.3 is 9.84 Å². The lowest BCUT2D eigenvalue weighted by atomic mass is 10.2. The molecule has 2 atom stereocenters. The predicted octanol–water partition coefficient (Wildman–Crippen LogP) is 1.32. The molecular weight excluding hydrogens is 128 g/mol. The summed E-state index contributed by atoms with van der Waals surface area (Å²) in [6.45, 7) is 4.01. The van der Waals surface area contributed by atoms with E-state index in [0.29, 0.717) is 0 Å². The van der Waals surface area contributed by atoms with Gasteiger partial charge in [-0.25, -0.2) is 0 Å². The van der Waals surface area contributed by atoms with Crippen molar-refractivity contribution in [3.8, 4) is 0 Å². The summed E-state index contributed by atoms with van der Waals surface area (Å²) >= 11 is 0. The third kappa shape index (κ3) is 1.96. The molecule has 10 heavy (non-hydrogen) atoms. The molecule has 60 valence electrons. The molecule has 0 aromatic heterocycles. The highest BCUT2D eigenvalue weighted by molar-refractivity contribution is 4.77. The van der Waals surface area contributed by atoms with E-state index >= 15 is 0 Å². The minimum Gasteiger partial charge on any atom is -0.390 e. The molecule has 0 saturated heterocycles. The molecule has 1 aliphatic carbocycles. The Kier molecular flexibility index (Phi) is 2.69. The molecule has 0 aromatic carbocycles. The third-order valence-corrected chi connectivity index (χ3v) is 1.86. The lowest BCUT2D eigenvalue weighted by Crippen LogP contribution is -2.25. The quantitative estimate of drug-likeness (QED) is 0.633. The SMILES string of the molecule is CC(C)O[C@H]1CCC[C@@H]1O. The van der Waals surface area contributed by atoms with Gasteiger partial charge in [0.2, 0.25) is 0 Å². The van der Waals surface area contributed by atoms with Crippen molar-refractivity contribution in [3.63, 3.8) is 0 Å². The Bertz CT molecular complexity index is 101. The third-order valence-electron chi connectivity index (χ3n) is 1.86. The fraction of sp³-hybridized carbons (Fsp3) is 1.00. The summed E-state index contributed by atoms with van der Waals surface area (Å²) in [6, 6.07) is 0. The molecule has 1 saturated carbocycles. The van der Waals surface area contributed by atoms with Gasteiger partial charge in [0.1, 0.15) is 0 Å². The molecule has 0 aromatic rings. The first-order chi connectivity index (χ1) is 4.70. The van der Waals surface area contributed by atoms with Crippen LogP contribution in [0.25, 0.3) is 0 Å². The maximum atomic E-state index is 9.31. The van der Waals surface area contributed by atoms with Crippen LogP contribution in [-0.4, -0.2) is 23.4 Å². The van der Waals surface area contributed by atoms with E-state index in [-0.39, 0.29) is 18.3 Å². The van der Waals surface area contributed by atoms with Gasteiger partial charge in [0, 0.05) is 0 Å². The second kappa shape index (κ2) is 3.35. The second-order valence-corrected chi connectivity index (χ2v) is 3.22. The molecule has 0 heterocycles. The van der Waals surface area contributed by atoms with Crippen LogP contribution < -0.4 is 0 Å². The van der Waals surface area contributed by atoms with Crippen molar-refractivity contribution in [1.29, 1.82) is 0 Å². The molecule has 0 spiro atoms. The normalized spacial score (nSPS) is 33.6. The van der Waals surface area contributed by atoms with E-state index in [1.165, 1.54) is 0 Å². The maximum absolute atomic E-state index is 9.31. The summed E-state index contributed by atoms with van der Waals surface area (Å²) < 4.78 is 5.47. The maximum Gasteiger partial charge on any atom is 0.0837 e. The smallest absolute Gasteiger partial charge is 0.0837 e. The van der Waals surface area contributed by atoms with Crippen molar-refractivity contribution in [2.45, 2.75) is 51.4 Å². The zero-order chi connectivity index (χ0) is 7.56. The molecule has 0 aliphatic heterocycles. The van der Waals surface area contributed by atoms with Crippen LogP contribution in [0.2, 0.25) is 0 Å². The Morgan fingerprint density at radius 2 is 2.10 bits per heavy atom. The van der Waals surface area contributed by atoms with E-state index in [2.05, 4.69) is 0 Å². The van der Waals surface area contributed by atoms with Crippen LogP contribution in [-0.2, 0) is 4.74 Å². The summed E-state index contributed by atoms with van der Waals surface area (Å²) in [6.07, 6.45) is 3.20. The Morgan fingerprint density at radius 3 is 2.50 bits per heavy atom. The minimum absolute atomic E-state index is 0.111. The molecule has 2 nitrogen and oxygen atoms in total. The first-order valence-electron chi connectivity index (χ1n) is 4.03. The molecule has 1 aliphatic rings. The highest BCUT2D eigenvalue weighted by Gasteiger charge is 2.26. The first-order valence-corrected chi connectivity index (χ1v) is 4.03. The summed E-state index contributed by atoms with van der Waals surface area (Å²) in [5.41, 5.74) is 0. The van der Waals surface area contributed by atoms with E-state index in [4.69, 9.17) is 4.74 Å². The van der Waals surface area contributed by atoms with E-state index in [1.807, 2.05) is 13.8 Å². The van der Waals surface area contributed by atoms with Crippen molar-refractivity contribution in [2.75, 3.05) is 0 Å². The molecule has 0 amide bonds.